The van der Waals surface area contributed by atoms with Crippen LogP contribution in [0.1, 0.15) is 0 Å². The Hall–Kier alpha value is -0.240. The number of ether oxygens (including phenoxy) is 1. The lowest BCUT2D eigenvalue weighted by molar-refractivity contribution is -0.150. The quantitative estimate of drug-likeness (QED) is 0.306. The first kappa shape index (κ1) is 9.85. The Bertz CT molecular complexity index is 151. The molecule has 5 atom stereocenters. The van der Waals surface area contributed by atoms with Gasteiger partial charge < -0.3 is 30.3 Å². The standard InChI is InChI=1S/C6H12O6/c7-1-2(8)5-3(9)4(10)6(11)12-5/h2-11H,1H2/t2-,3-,4+,5-,6?/m1/s1. The van der Waals surface area contributed by atoms with E-state index in [0.717, 1.165) is 0 Å². The second-order valence-corrected chi connectivity index (χ2v) is 2.72. The first-order valence-corrected chi connectivity index (χ1v) is 3.56. The van der Waals surface area contributed by atoms with Crippen LogP contribution in [0.25, 0.3) is 0 Å². The molecule has 1 aliphatic rings. The van der Waals surface area contributed by atoms with Crippen LogP contribution < -0.4 is 0 Å². The van der Waals surface area contributed by atoms with E-state index in [0.29, 0.717) is 0 Å². The van der Waals surface area contributed by atoms with Gasteiger partial charge >= 0.3 is 0 Å². The molecule has 0 aromatic rings. The van der Waals surface area contributed by atoms with Gasteiger partial charge in [0.25, 0.3) is 0 Å². The summed E-state index contributed by atoms with van der Waals surface area (Å²) in [4.78, 5) is 0. The molecular formula is C6H12O6. The molecule has 1 aliphatic heterocycles. The number of hydrogen-bond donors (Lipinski definition) is 5. The van der Waals surface area contributed by atoms with Crippen molar-refractivity contribution in [2.45, 2.75) is 30.7 Å². The summed E-state index contributed by atoms with van der Waals surface area (Å²) in [7, 11) is 0. The van der Waals surface area contributed by atoms with Gasteiger partial charge in [0.15, 0.2) is 6.29 Å². The van der Waals surface area contributed by atoms with Crippen LogP contribution in [0.5, 0.6) is 0 Å². The fourth-order valence-corrected chi connectivity index (χ4v) is 1.11. The van der Waals surface area contributed by atoms with E-state index in [1.165, 1.54) is 0 Å². The minimum atomic E-state index is -1.51. The third kappa shape index (κ3) is 1.58. The predicted octanol–water partition coefficient (Wildman–Crippen LogP) is -3.22. The van der Waals surface area contributed by atoms with E-state index in [2.05, 4.69) is 4.74 Å². The Kier molecular flexibility index (Phi) is 2.99. The van der Waals surface area contributed by atoms with Crippen LogP contribution in [0.15, 0.2) is 0 Å². The highest BCUT2D eigenvalue weighted by molar-refractivity contribution is 4.89. The molecule has 0 radical (unpaired) electrons. The zero-order chi connectivity index (χ0) is 9.30. The van der Waals surface area contributed by atoms with Crippen molar-refractivity contribution in [3.05, 3.63) is 0 Å². The lowest BCUT2D eigenvalue weighted by Gasteiger charge is -2.18. The van der Waals surface area contributed by atoms with Crippen LogP contribution in [0, 0.1) is 0 Å². The predicted molar refractivity (Wildman–Crippen MR) is 36.0 cm³/mol. The van der Waals surface area contributed by atoms with Gasteiger partial charge in [-0.15, -0.1) is 0 Å². The fourth-order valence-electron chi connectivity index (χ4n) is 1.11. The molecule has 0 aromatic carbocycles. The molecular weight excluding hydrogens is 168 g/mol. The smallest absolute Gasteiger partial charge is 0.184 e. The summed E-state index contributed by atoms with van der Waals surface area (Å²) in [6, 6.07) is 0. The molecule has 1 saturated heterocycles. The SMILES string of the molecule is OC[C@@H](O)[C@H]1OC(O)[C@@H](O)[C@H]1O. The van der Waals surface area contributed by atoms with Gasteiger partial charge in [-0.2, -0.15) is 0 Å². The van der Waals surface area contributed by atoms with Crippen LogP contribution in [-0.4, -0.2) is 62.8 Å². The van der Waals surface area contributed by atoms with E-state index in [9.17, 15) is 0 Å². The van der Waals surface area contributed by atoms with Crippen LogP contribution in [0.3, 0.4) is 0 Å². The Labute approximate surface area is 68.6 Å². The largest absolute Gasteiger partial charge is 0.394 e. The van der Waals surface area contributed by atoms with E-state index in [1.54, 1.807) is 0 Å². The highest BCUT2D eigenvalue weighted by Gasteiger charge is 2.44. The first-order valence-electron chi connectivity index (χ1n) is 3.56. The van der Waals surface area contributed by atoms with Gasteiger partial charge in [-0.1, -0.05) is 0 Å². The van der Waals surface area contributed by atoms with E-state index in [4.69, 9.17) is 25.5 Å². The van der Waals surface area contributed by atoms with Crippen molar-refractivity contribution in [3.63, 3.8) is 0 Å². The molecule has 0 aliphatic carbocycles. The average molecular weight is 180 g/mol. The molecule has 5 N–H and O–H groups in total. The number of aliphatic hydroxyl groups is 5. The Balaban J connectivity index is 2.58. The molecule has 6 heteroatoms. The zero-order valence-corrected chi connectivity index (χ0v) is 6.24. The average Bonchev–Trinajstić information content (AvgIpc) is 2.32. The maximum Gasteiger partial charge on any atom is 0.184 e. The van der Waals surface area contributed by atoms with Gasteiger partial charge in [0.2, 0.25) is 0 Å². The van der Waals surface area contributed by atoms with Crippen molar-refractivity contribution >= 4 is 0 Å². The van der Waals surface area contributed by atoms with E-state index < -0.39 is 37.3 Å². The molecule has 0 saturated carbocycles. The van der Waals surface area contributed by atoms with Crippen molar-refractivity contribution in [1.82, 2.24) is 0 Å². The minimum absolute atomic E-state index is 0.596. The summed E-state index contributed by atoms with van der Waals surface area (Å²) in [6.45, 7) is -0.596. The van der Waals surface area contributed by atoms with Crippen molar-refractivity contribution in [2.75, 3.05) is 6.61 Å². The summed E-state index contributed by atoms with van der Waals surface area (Å²) >= 11 is 0. The summed E-state index contributed by atoms with van der Waals surface area (Å²) in [5.41, 5.74) is 0. The van der Waals surface area contributed by atoms with Crippen molar-refractivity contribution in [1.29, 1.82) is 0 Å². The molecule has 1 fully saturated rings. The van der Waals surface area contributed by atoms with E-state index in [1.807, 2.05) is 0 Å². The molecule has 0 aromatic heterocycles. The Morgan fingerprint density at radius 1 is 1.17 bits per heavy atom. The first-order chi connectivity index (χ1) is 5.57. The molecule has 0 spiro atoms. The maximum absolute atomic E-state index is 9.12. The summed E-state index contributed by atoms with van der Waals surface area (Å²) in [6.07, 6.45) is -6.75. The normalized spacial score (nSPS) is 44.8. The van der Waals surface area contributed by atoms with Crippen LogP contribution >= 0.6 is 0 Å². The van der Waals surface area contributed by atoms with Gasteiger partial charge in [-0.3, -0.25) is 0 Å². The highest BCUT2D eigenvalue weighted by atomic mass is 16.6. The van der Waals surface area contributed by atoms with Crippen molar-refractivity contribution < 1.29 is 30.3 Å². The second-order valence-electron chi connectivity index (χ2n) is 2.72. The summed E-state index contributed by atoms with van der Waals surface area (Å²) in [5, 5.41) is 44.4. The minimum Gasteiger partial charge on any atom is -0.394 e. The van der Waals surface area contributed by atoms with Gasteiger partial charge in [-0.25, -0.2) is 0 Å². The van der Waals surface area contributed by atoms with Gasteiger partial charge in [0.1, 0.15) is 24.4 Å². The van der Waals surface area contributed by atoms with E-state index in [-0.39, 0.29) is 0 Å². The van der Waals surface area contributed by atoms with Crippen molar-refractivity contribution in [2.24, 2.45) is 0 Å². The molecule has 72 valence electrons. The summed E-state index contributed by atoms with van der Waals surface area (Å²) in [5.74, 6) is 0. The topological polar surface area (TPSA) is 110 Å². The highest BCUT2D eigenvalue weighted by Crippen LogP contribution is 2.21. The molecule has 0 amide bonds. The number of aliphatic hydroxyl groups excluding tert-OH is 5. The van der Waals surface area contributed by atoms with Gasteiger partial charge in [0, 0.05) is 0 Å². The lowest BCUT2D eigenvalue weighted by atomic mass is 10.1. The molecule has 6 nitrogen and oxygen atoms in total. The van der Waals surface area contributed by atoms with Crippen molar-refractivity contribution in [3.8, 4) is 0 Å². The van der Waals surface area contributed by atoms with Gasteiger partial charge in [-0.05, 0) is 0 Å². The molecule has 1 heterocycles. The fraction of sp³-hybridized carbons (Fsp3) is 1.00. The summed E-state index contributed by atoms with van der Waals surface area (Å²) < 4.78 is 4.58. The Morgan fingerprint density at radius 3 is 2.08 bits per heavy atom. The lowest BCUT2D eigenvalue weighted by Crippen LogP contribution is -2.40. The monoisotopic (exact) mass is 180 g/mol. The zero-order valence-electron chi connectivity index (χ0n) is 6.24. The van der Waals surface area contributed by atoms with Gasteiger partial charge in [0.05, 0.1) is 6.61 Å². The third-order valence-electron chi connectivity index (χ3n) is 1.84. The Morgan fingerprint density at radius 2 is 1.75 bits per heavy atom. The van der Waals surface area contributed by atoms with Crippen LogP contribution in [0.4, 0.5) is 0 Å². The molecule has 0 bridgehead atoms. The molecule has 1 rings (SSSR count). The third-order valence-corrected chi connectivity index (χ3v) is 1.84. The van der Waals surface area contributed by atoms with E-state index >= 15 is 0 Å². The maximum atomic E-state index is 9.12. The molecule has 1 unspecified atom stereocenters. The number of hydrogen-bond acceptors (Lipinski definition) is 6. The second kappa shape index (κ2) is 3.65. The van der Waals surface area contributed by atoms with Crippen LogP contribution in [0.2, 0.25) is 0 Å². The number of rotatable bonds is 2. The molecule has 12 heavy (non-hydrogen) atoms. The van der Waals surface area contributed by atoms with Crippen LogP contribution in [-0.2, 0) is 4.74 Å².